The van der Waals surface area contributed by atoms with Crippen LogP contribution in [0.1, 0.15) is 43.0 Å². The molecule has 0 aromatic heterocycles. The third-order valence-electron chi connectivity index (χ3n) is 5.14. The third kappa shape index (κ3) is 4.47. The van der Waals surface area contributed by atoms with Crippen molar-refractivity contribution in [3.63, 3.8) is 0 Å². The number of ketones is 1. The lowest BCUT2D eigenvalue weighted by atomic mass is 9.84. The Morgan fingerprint density at radius 2 is 2.11 bits per heavy atom. The summed E-state index contributed by atoms with van der Waals surface area (Å²) in [5.41, 5.74) is -0.0718. The molecule has 0 unspecified atom stereocenters. The van der Waals surface area contributed by atoms with Crippen molar-refractivity contribution in [2.45, 2.75) is 44.2 Å². The molecule has 0 radical (unpaired) electrons. The van der Waals surface area contributed by atoms with Crippen LogP contribution < -0.4 is 10.1 Å². The average Bonchev–Trinajstić information content (AvgIpc) is 2.76. The molecule has 2 atom stereocenters. The Labute approximate surface area is 159 Å². The van der Waals surface area contributed by atoms with E-state index in [-0.39, 0.29) is 43.0 Å². The maximum atomic E-state index is 12.5. The van der Waals surface area contributed by atoms with Gasteiger partial charge in [0.05, 0.1) is 25.1 Å². The molecule has 0 saturated carbocycles. The minimum absolute atomic E-state index is 0.00744. The molecule has 2 aliphatic heterocycles. The number of para-hydroxylation sites is 1. The minimum Gasteiger partial charge on any atom is -0.486 e. The van der Waals surface area contributed by atoms with Crippen LogP contribution in [0.4, 0.5) is 0 Å². The number of hydrogen-bond acceptors (Lipinski definition) is 5. The second-order valence-corrected chi connectivity index (χ2v) is 7.37. The van der Waals surface area contributed by atoms with Gasteiger partial charge in [0.15, 0.2) is 5.78 Å². The number of nitrogens with one attached hydrogen (secondary N) is 1. The third-order valence-corrected chi connectivity index (χ3v) is 5.14. The monoisotopic (exact) mass is 374 g/mol. The first-order chi connectivity index (χ1) is 12.9. The number of fused-ring (bicyclic) bond motifs is 1. The van der Waals surface area contributed by atoms with Crippen LogP contribution in [-0.2, 0) is 14.3 Å². The summed E-state index contributed by atoms with van der Waals surface area (Å²) >= 11 is 0. The minimum atomic E-state index is -0.671. The molecular weight excluding hydrogens is 348 g/mol. The van der Waals surface area contributed by atoms with E-state index in [9.17, 15) is 14.4 Å². The zero-order valence-electron chi connectivity index (χ0n) is 15.8. The van der Waals surface area contributed by atoms with Gasteiger partial charge >= 0.3 is 0 Å². The summed E-state index contributed by atoms with van der Waals surface area (Å²) in [6, 6.07) is 7.10. The number of nitrogens with zero attached hydrogens (tertiary/aromatic N) is 1. The van der Waals surface area contributed by atoms with Gasteiger partial charge in [0.25, 0.3) is 0 Å². The number of rotatable bonds is 5. The quantitative estimate of drug-likeness (QED) is 0.845. The van der Waals surface area contributed by atoms with Gasteiger partial charge in [0, 0.05) is 32.5 Å². The van der Waals surface area contributed by atoms with Crippen molar-refractivity contribution < 1.29 is 23.9 Å². The highest BCUT2D eigenvalue weighted by atomic mass is 16.5. The largest absolute Gasteiger partial charge is 0.486 e. The summed E-state index contributed by atoms with van der Waals surface area (Å²) in [5, 5.41) is 2.82. The molecule has 1 N–H and O–H groups in total. The summed E-state index contributed by atoms with van der Waals surface area (Å²) in [4.78, 5) is 38.8. The normalized spacial score (nSPS) is 23.4. The lowest BCUT2D eigenvalue weighted by Crippen LogP contribution is -2.45. The maximum Gasteiger partial charge on any atom is 0.239 e. The van der Waals surface area contributed by atoms with Crippen molar-refractivity contribution in [2.24, 2.45) is 0 Å². The van der Waals surface area contributed by atoms with Crippen molar-refractivity contribution in [2.75, 3.05) is 26.8 Å². The van der Waals surface area contributed by atoms with E-state index in [0.717, 1.165) is 0 Å². The molecule has 2 heterocycles. The highest BCUT2D eigenvalue weighted by molar-refractivity contribution is 6.00. The number of carbonyl (C=O) groups excluding carboxylic acids is 3. The first-order valence-corrected chi connectivity index (χ1v) is 9.30. The van der Waals surface area contributed by atoms with Gasteiger partial charge in [-0.3, -0.25) is 14.4 Å². The van der Waals surface area contributed by atoms with Gasteiger partial charge in [-0.25, -0.2) is 0 Å². The highest BCUT2D eigenvalue weighted by Crippen LogP contribution is 2.39. The summed E-state index contributed by atoms with van der Waals surface area (Å²) < 4.78 is 11.2. The van der Waals surface area contributed by atoms with Crippen LogP contribution >= 0.6 is 0 Å². The van der Waals surface area contributed by atoms with E-state index in [1.165, 1.54) is 0 Å². The molecule has 1 aromatic carbocycles. The van der Waals surface area contributed by atoms with Gasteiger partial charge in [-0.15, -0.1) is 0 Å². The Hall–Kier alpha value is -2.41. The Morgan fingerprint density at radius 1 is 1.33 bits per heavy atom. The van der Waals surface area contributed by atoms with Gasteiger partial charge in [-0.2, -0.15) is 0 Å². The molecule has 2 aliphatic rings. The number of amides is 2. The number of hydrogen-bond donors (Lipinski definition) is 1. The second-order valence-electron chi connectivity index (χ2n) is 7.37. The second kappa shape index (κ2) is 8.08. The van der Waals surface area contributed by atoms with Crippen molar-refractivity contribution in [3.05, 3.63) is 29.8 Å². The van der Waals surface area contributed by atoms with Gasteiger partial charge in [0.2, 0.25) is 11.8 Å². The summed E-state index contributed by atoms with van der Waals surface area (Å²) in [6.45, 7) is 2.66. The van der Waals surface area contributed by atoms with Crippen LogP contribution in [0.5, 0.6) is 5.75 Å². The fourth-order valence-electron chi connectivity index (χ4n) is 3.76. The molecule has 2 amide bonds. The SMILES string of the molecule is COC[C@H](C)NC(=O)CN1CC[C@@]2(CCC1=O)CC(=O)c1ccccc1O2. The van der Waals surface area contributed by atoms with Crippen LogP contribution in [-0.4, -0.2) is 60.9 Å². The Morgan fingerprint density at radius 3 is 2.89 bits per heavy atom. The summed E-state index contributed by atoms with van der Waals surface area (Å²) in [5.74, 6) is 0.329. The molecule has 1 spiro atoms. The number of methoxy groups -OCH3 is 1. The van der Waals surface area contributed by atoms with Gasteiger partial charge in [-0.1, -0.05) is 12.1 Å². The number of Topliss-reactive ketones (excluding diaryl/α,β-unsaturated/α-hetero) is 1. The number of benzene rings is 1. The van der Waals surface area contributed by atoms with Crippen LogP contribution in [0.15, 0.2) is 24.3 Å². The van der Waals surface area contributed by atoms with Crippen molar-refractivity contribution >= 4 is 17.6 Å². The zero-order valence-corrected chi connectivity index (χ0v) is 15.8. The van der Waals surface area contributed by atoms with E-state index in [4.69, 9.17) is 9.47 Å². The molecule has 3 rings (SSSR count). The van der Waals surface area contributed by atoms with Crippen molar-refractivity contribution in [1.29, 1.82) is 0 Å². The predicted octanol–water partition coefficient (Wildman–Crippen LogP) is 1.55. The zero-order chi connectivity index (χ0) is 19.4. The Bertz CT molecular complexity index is 735. The van der Waals surface area contributed by atoms with Gasteiger partial charge < -0.3 is 19.7 Å². The molecule has 1 saturated heterocycles. The van der Waals surface area contributed by atoms with E-state index < -0.39 is 5.60 Å². The fourth-order valence-corrected chi connectivity index (χ4v) is 3.76. The van der Waals surface area contributed by atoms with E-state index in [2.05, 4.69) is 5.32 Å². The van der Waals surface area contributed by atoms with E-state index >= 15 is 0 Å². The topological polar surface area (TPSA) is 84.9 Å². The molecule has 0 bridgehead atoms. The average molecular weight is 374 g/mol. The standard InChI is InChI=1S/C20H26N2O5/c1-14(13-26-2)21-18(24)12-22-10-9-20(8-7-19(22)25)11-16(23)15-5-3-4-6-17(15)27-20/h3-6,14H,7-13H2,1-2H3,(H,21,24)/t14-,20-/m0/s1. The maximum absolute atomic E-state index is 12.5. The smallest absolute Gasteiger partial charge is 0.239 e. The van der Waals surface area contributed by atoms with Crippen LogP contribution in [0, 0.1) is 0 Å². The predicted molar refractivity (Wildman–Crippen MR) is 98.7 cm³/mol. The molecule has 1 fully saturated rings. The highest BCUT2D eigenvalue weighted by Gasteiger charge is 2.43. The summed E-state index contributed by atoms with van der Waals surface area (Å²) in [7, 11) is 1.57. The molecule has 0 aliphatic carbocycles. The molecule has 146 valence electrons. The molecule has 1 aromatic rings. The summed E-state index contributed by atoms with van der Waals surface area (Å²) in [6.07, 6.45) is 1.53. The van der Waals surface area contributed by atoms with E-state index in [1.807, 2.05) is 19.1 Å². The number of ether oxygens (including phenoxy) is 2. The van der Waals surface area contributed by atoms with E-state index in [1.54, 1.807) is 24.1 Å². The van der Waals surface area contributed by atoms with E-state index in [0.29, 0.717) is 37.3 Å². The molecule has 7 nitrogen and oxygen atoms in total. The van der Waals surface area contributed by atoms with Crippen LogP contribution in [0.2, 0.25) is 0 Å². The lowest BCUT2D eigenvalue weighted by Gasteiger charge is -2.37. The first-order valence-electron chi connectivity index (χ1n) is 9.30. The Kier molecular flexibility index (Phi) is 5.79. The van der Waals surface area contributed by atoms with Gasteiger partial charge in [0.1, 0.15) is 11.4 Å². The van der Waals surface area contributed by atoms with Crippen molar-refractivity contribution in [1.82, 2.24) is 10.2 Å². The molecule has 7 heteroatoms. The van der Waals surface area contributed by atoms with Gasteiger partial charge in [-0.05, 0) is 25.5 Å². The fraction of sp³-hybridized carbons (Fsp3) is 0.550. The number of likely N-dealkylation sites (tertiary alicyclic amines) is 1. The molecular formula is C20H26N2O5. The lowest BCUT2D eigenvalue weighted by molar-refractivity contribution is -0.135. The first kappa shape index (κ1) is 19.4. The van der Waals surface area contributed by atoms with Crippen LogP contribution in [0.25, 0.3) is 0 Å². The molecule has 27 heavy (non-hydrogen) atoms. The Balaban J connectivity index is 1.65. The number of carbonyl (C=O) groups is 3. The van der Waals surface area contributed by atoms with Crippen molar-refractivity contribution in [3.8, 4) is 5.75 Å². The van der Waals surface area contributed by atoms with Crippen LogP contribution in [0.3, 0.4) is 0 Å².